The first kappa shape index (κ1) is 15.0. The van der Waals surface area contributed by atoms with Crippen molar-refractivity contribution in [2.45, 2.75) is 18.6 Å². The van der Waals surface area contributed by atoms with Gasteiger partial charge in [0.2, 0.25) is 0 Å². The Morgan fingerprint density at radius 2 is 1.43 bits per heavy atom. The second-order valence-corrected chi connectivity index (χ2v) is 5.21. The van der Waals surface area contributed by atoms with Gasteiger partial charge in [0.25, 0.3) is 0 Å². The SMILES string of the molecule is CC(O)(c1cccc(N)c1N)C(O)c1cccc(N)c1N. The minimum absolute atomic E-state index is 0.226. The Morgan fingerprint density at radius 3 is 2.05 bits per heavy atom. The maximum atomic E-state index is 10.7. The maximum absolute atomic E-state index is 10.7. The fourth-order valence-corrected chi connectivity index (χ4v) is 2.31. The lowest BCUT2D eigenvalue weighted by atomic mass is 9.84. The van der Waals surface area contributed by atoms with E-state index in [0.29, 0.717) is 22.5 Å². The summed E-state index contributed by atoms with van der Waals surface area (Å²) in [5, 5.41) is 21.3. The van der Waals surface area contributed by atoms with Crippen molar-refractivity contribution >= 4 is 22.7 Å². The van der Waals surface area contributed by atoms with E-state index in [-0.39, 0.29) is 11.4 Å². The van der Waals surface area contributed by atoms with E-state index >= 15 is 0 Å². The van der Waals surface area contributed by atoms with Gasteiger partial charge in [-0.1, -0.05) is 24.3 Å². The number of hydrogen-bond acceptors (Lipinski definition) is 6. The number of hydrogen-bond donors (Lipinski definition) is 6. The standard InChI is InChI=1S/C15H20N4O2/c1-15(21,9-5-3-7-11(17)13(9)19)14(20)8-4-2-6-10(16)12(8)18/h2-7,14,20-21H,16-19H2,1H3. The number of anilines is 4. The van der Waals surface area contributed by atoms with Crippen LogP contribution in [0.25, 0.3) is 0 Å². The topological polar surface area (TPSA) is 145 Å². The quantitative estimate of drug-likeness (QED) is 0.464. The van der Waals surface area contributed by atoms with E-state index < -0.39 is 11.7 Å². The Bertz CT molecular complexity index is 671. The molecule has 0 saturated heterocycles. The predicted molar refractivity (Wildman–Crippen MR) is 85.1 cm³/mol. The van der Waals surface area contributed by atoms with Crippen LogP contribution in [-0.4, -0.2) is 10.2 Å². The summed E-state index contributed by atoms with van der Waals surface area (Å²) in [6, 6.07) is 9.77. The Balaban J connectivity index is 2.52. The molecule has 0 spiro atoms. The molecule has 0 fully saturated rings. The zero-order valence-corrected chi connectivity index (χ0v) is 11.7. The van der Waals surface area contributed by atoms with Crippen molar-refractivity contribution in [3.63, 3.8) is 0 Å². The van der Waals surface area contributed by atoms with Crippen molar-refractivity contribution in [2.24, 2.45) is 0 Å². The van der Waals surface area contributed by atoms with Gasteiger partial charge in [-0.25, -0.2) is 0 Å². The Hall–Kier alpha value is -2.44. The third kappa shape index (κ3) is 2.46. The average molecular weight is 288 g/mol. The lowest BCUT2D eigenvalue weighted by Crippen LogP contribution is -2.32. The van der Waals surface area contributed by atoms with Gasteiger partial charge in [-0.3, -0.25) is 0 Å². The summed E-state index contributed by atoms with van der Waals surface area (Å²) >= 11 is 0. The summed E-state index contributed by atoms with van der Waals surface area (Å²) < 4.78 is 0. The van der Waals surface area contributed by atoms with Gasteiger partial charge < -0.3 is 33.1 Å². The van der Waals surface area contributed by atoms with Crippen LogP contribution in [0.5, 0.6) is 0 Å². The molecular formula is C15H20N4O2. The number of aliphatic hydroxyl groups is 2. The van der Waals surface area contributed by atoms with Crippen molar-refractivity contribution < 1.29 is 10.2 Å². The van der Waals surface area contributed by atoms with Crippen molar-refractivity contribution in [1.29, 1.82) is 0 Å². The summed E-state index contributed by atoms with van der Waals surface area (Å²) in [7, 11) is 0. The fraction of sp³-hybridized carbons (Fsp3) is 0.200. The van der Waals surface area contributed by atoms with Crippen molar-refractivity contribution in [1.82, 2.24) is 0 Å². The highest BCUT2D eigenvalue weighted by molar-refractivity contribution is 5.71. The Morgan fingerprint density at radius 1 is 0.905 bits per heavy atom. The van der Waals surface area contributed by atoms with Crippen LogP contribution in [0.3, 0.4) is 0 Å². The second kappa shape index (κ2) is 5.16. The van der Waals surface area contributed by atoms with Gasteiger partial charge in [-0.15, -0.1) is 0 Å². The normalized spacial score (nSPS) is 15.4. The lowest BCUT2D eigenvalue weighted by Gasteiger charge is -2.32. The van der Waals surface area contributed by atoms with E-state index in [1.54, 1.807) is 36.4 Å². The monoisotopic (exact) mass is 288 g/mol. The number of nitrogens with two attached hydrogens (primary N) is 4. The van der Waals surface area contributed by atoms with E-state index in [2.05, 4.69) is 0 Å². The Kier molecular flexibility index (Phi) is 3.67. The average Bonchev–Trinajstić information content (AvgIpc) is 2.44. The molecule has 0 aliphatic heterocycles. The van der Waals surface area contributed by atoms with E-state index in [0.717, 1.165) is 0 Å². The molecule has 6 nitrogen and oxygen atoms in total. The van der Waals surface area contributed by atoms with Gasteiger partial charge in [-0.2, -0.15) is 0 Å². The highest BCUT2D eigenvalue weighted by Gasteiger charge is 2.36. The number of rotatable bonds is 3. The molecule has 2 atom stereocenters. The first-order chi connectivity index (χ1) is 9.76. The van der Waals surface area contributed by atoms with Crippen LogP contribution in [0.1, 0.15) is 24.2 Å². The highest BCUT2D eigenvalue weighted by Crippen LogP contribution is 2.41. The van der Waals surface area contributed by atoms with Crippen LogP contribution in [0, 0.1) is 0 Å². The minimum atomic E-state index is -1.67. The molecule has 0 aliphatic carbocycles. The van der Waals surface area contributed by atoms with Gasteiger partial charge in [0.15, 0.2) is 0 Å². The van der Waals surface area contributed by atoms with E-state index in [9.17, 15) is 10.2 Å². The van der Waals surface area contributed by atoms with Crippen LogP contribution in [0.15, 0.2) is 36.4 Å². The summed E-state index contributed by atoms with van der Waals surface area (Å²) in [4.78, 5) is 0. The zero-order chi connectivity index (χ0) is 15.8. The van der Waals surface area contributed by atoms with Crippen LogP contribution in [0.2, 0.25) is 0 Å². The molecule has 2 aromatic carbocycles. The van der Waals surface area contributed by atoms with Gasteiger partial charge in [0, 0.05) is 11.1 Å². The molecule has 2 rings (SSSR count). The fourth-order valence-electron chi connectivity index (χ4n) is 2.31. The first-order valence-electron chi connectivity index (χ1n) is 6.45. The number of para-hydroxylation sites is 2. The molecule has 0 radical (unpaired) electrons. The molecular weight excluding hydrogens is 268 g/mol. The van der Waals surface area contributed by atoms with Crippen LogP contribution in [0.4, 0.5) is 22.7 Å². The summed E-state index contributed by atoms with van der Waals surface area (Å²) in [5.41, 5.74) is 23.4. The highest BCUT2D eigenvalue weighted by atomic mass is 16.3. The maximum Gasteiger partial charge on any atom is 0.119 e. The zero-order valence-electron chi connectivity index (χ0n) is 11.7. The molecule has 112 valence electrons. The molecule has 2 aromatic rings. The third-order valence-corrected chi connectivity index (χ3v) is 3.69. The van der Waals surface area contributed by atoms with E-state index in [4.69, 9.17) is 22.9 Å². The molecule has 21 heavy (non-hydrogen) atoms. The van der Waals surface area contributed by atoms with Gasteiger partial charge in [-0.05, 0) is 19.1 Å². The molecule has 0 aliphatic rings. The molecule has 0 bridgehead atoms. The molecule has 0 aromatic heterocycles. The van der Waals surface area contributed by atoms with Crippen molar-refractivity contribution in [2.75, 3.05) is 22.9 Å². The first-order valence-corrected chi connectivity index (χ1v) is 6.45. The van der Waals surface area contributed by atoms with Crippen molar-refractivity contribution in [3.05, 3.63) is 47.5 Å². The van der Waals surface area contributed by atoms with Crippen LogP contribution >= 0.6 is 0 Å². The minimum Gasteiger partial charge on any atom is -0.397 e. The molecule has 10 N–H and O–H groups in total. The Labute approximate surface area is 123 Å². The third-order valence-electron chi connectivity index (χ3n) is 3.69. The van der Waals surface area contributed by atoms with Gasteiger partial charge in [0.1, 0.15) is 11.7 Å². The number of nitrogen functional groups attached to an aromatic ring is 4. The number of aliphatic hydroxyl groups excluding tert-OH is 1. The molecule has 2 unspecified atom stereocenters. The van der Waals surface area contributed by atoms with Gasteiger partial charge in [0.05, 0.1) is 22.7 Å². The largest absolute Gasteiger partial charge is 0.397 e. The van der Waals surface area contributed by atoms with Crippen LogP contribution in [-0.2, 0) is 5.60 Å². The summed E-state index contributed by atoms with van der Waals surface area (Å²) in [6.07, 6.45) is -1.30. The number of benzene rings is 2. The summed E-state index contributed by atoms with van der Waals surface area (Å²) in [5.74, 6) is 0. The molecule has 0 heterocycles. The van der Waals surface area contributed by atoms with E-state index in [1.807, 2.05) is 0 Å². The summed E-state index contributed by atoms with van der Waals surface area (Å²) in [6.45, 7) is 1.45. The smallest absolute Gasteiger partial charge is 0.119 e. The van der Waals surface area contributed by atoms with Crippen molar-refractivity contribution in [3.8, 4) is 0 Å². The second-order valence-electron chi connectivity index (χ2n) is 5.21. The van der Waals surface area contributed by atoms with Crippen LogP contribution < -0.4 is 22.9 Å². The molecule has 0 amide bonds. The molecule has 0 saturated carbocycles. The van der Waals surface area contributed by atoms with E-state index in [1.165, 1.54) is 6.92 Å². The lowest BCUT2D eigenvalue weighted by molar-refractivity contribution is -0.0681. The predicted octanol–water partition coefficient (Wildman–Crippen LogP) is 0.956. The molecule has 6 heteroatoms. The van der Waals surface area contributed by atoms with Gasteiger partial charge >= 0.3 is 0 Å².